The maximum atomic E-state index is 11.5. The molecule has 2 heterocycles. The van der Waals surface area contributed by atoms with Gasteiger partial charge in [-0.1, -0.05) is 0 Å². The summed E-state index contributed by atoms with van der Waals surface area (Å²) in [5, 5.41) is 16.8. The Morgan fingerprint density at radius 3 is 2.91 bits per heavy atom. The van der Waals surface area contributed by atoms with Gasteiger partial charge in [-0.05, 0) is 25.5 Å². The highest BCUT2D eigenvalue weighted by Crippen LogP contribution is 2.19. The van der Waals surface area contributed by atoms with Crippen molar-refractivity contribution in [2.75, 3.05) is 27.2 Å². The van der Waals surface area contributed by atoms with Crippen molar-refractivity contribution >= 4 is 35.8 Å². The third-order valence-corrected chi connectivity index (χ3v) is 3.84. The summed E-state index contributed by atoms with van der Waals surface area (Å²) < 4.78 is 5.25. The molecule has 0 spiro atoms. The summed E-state index contributed by atoms with van der Waals surface area (Å²) in [6.07, 6.45) is 2.85. The minimum Gasteiger partial charge on any atom is -0.466 e. The number of furan rings is 1. The molecule has 1 fully saturated rings. The number of aliphatic hydroxyl groups is 1. The second kappa shape index (κ2) is 8.53. The topological polar surface area (TPSA) is 90.1 Å². The van der Waals surface area contributed by atoms with Crippen molar-refractivity contribution in [2.45, 2.75) is 31.4 Å². The van der Waals surface area contributed by atoms with Crippen LogP contribution < -0.4 is 10.6 Å². The molecule has 0 aromatic carbocycles. The molecular weight excluding hydrogens is 411 g/mol. The zero-order valence-electron chi connectivity index (χ0n) is 13.7. The van der Waals surface area contributed by atoms with Gasteiger partial charge in [-0.25, -0.2) is 0 Å². The molecule has 130 valence electrons. The molecule has 1 amide bonds. The minimum atomic E-state index is -1.12. The van der Waals surface area contributed by atoms with Crippen LogP contribution in [0.25, 0.3) is 0 Å². The van der Waals surface area contributed by atoms with Crippen molar-refractivity contribution < 1.29 is 14.3 Å². The van der Waals surface area contributed by atoms with Gasteiger partial charge in [0.25, 0.3) is 0 Å². The maximum Gasteiger partial charge on any atom is 0.222 e. The molecule has 1 aliphatic heterocycles. The number of carbonyl (C=O) groups excluding carboxylic acids is 1. The van der Waals surface area contributed by atoms with Gasteiger partial charge in [-0.3, -0.25) is 9.79 Å². The number of aliphatic imine (C=N–C) groups is 1. The van der Waals surface area contributed by atoms with E-state index in [4.69, 9.17) is 4.42 Å². The SMILES string of the molecule is CN=C(NCC(C)(O)c1ccco1)NC1CCC(=O)N(C)C1.I. The summed E-state index contributed by atoms with van der Waals surface area (Å²) in [6.45, 7) is 2.59. The predicted octanol–water partition coefficient (Wildman–Crippen LogP) is 0.891. The van der Waals surface area contributed by atoms with Crippen LogP contribution in [-0.2, 0) is 10.4 Å². The first kappa shape index (κ1) is 19.8. The number of hydrogen-bond acceptors (Lipinski definition) is 4. The van der Waals surface area contributed by atoms with Gasteiger partial charge < -0.3 is 25.1 Å². The molecule has 3 N–H and O–H groups in total. The van der Waals surface area contributed by atoms with Gasteiger partial charge in [0.2, 0.25) is 5.91 Å². The van der Waals surface area contributed by atoms with E-state index in [1.165, 1.54) is 6.26 Å². The molecule has 8 heteroatoms. The summed E-state index contributed by atoms with van der Waals surface area (Å²) in [4.78, 5) is 17.4. The number of nitrogens with one attached hydrogen (secondary N) is 2. The molecule has 2 unspecified atom stereocenters. The molecule has 0 radical (unpaired) electrons. The second-order valence-corrected chi connectivity index (χ2v) is 5.83. The third kappa shape index (κ3) is 5.38. The fourth-order valence-corrected chi connectivity index (χ4v) is 2.45. The molecule has 2 atom stereocenters. The molecule has 2 rings (SSSR count). The average Bonchev–Trinajstić information content (AvgIpc) is 3.02. The van der Waals surface area contributed by atoms with E-state index in [1.54, 1.807) is 38.1 Å². The normalized spacial score (nSPS) is 21.4. The van der Waals surface area contributed by atoms with Crippen molar-refractivity contribution in [3.05, 3.63) is 24.2 Å². The highest BCUT2D eigenvalue weighted by atomic mass is 127. The Morgan fingerprint density at radius 2 is 2.35 bits per heavy atom. The molecule has 0 saturated carbocycles. The number of piperidine rings is 1. The predicted molar refractivity (Wildman–Crippen MR) is 98.9 cm³/mol. The van der Waals surface area contributed by atoms with Crippen LogP contribution in [0.2, 0.25) is 0 Å². The van der Waals surface area contributed by atoms with Crippen LogP contribution in [0.3, 0.4) is 0 Å². The summed E-state index contributed by atoms with van der Waals surface area (Å²) in [5.41, 5.74) is -1.12. The van der Waals surface area contributed by atoms with E-state index in [0.717, 1.165) is 6.42 Å². The van der Waals surface area contributed by atoms with Crippen molar-refractivity contribution in [3.63, 3.8) is 0 Å². The number of halogens is 1. The first-order valence-corrected chi connectivity index (χ1v) is 7.40. The zero-order chi connectivity index (χ0) is 16.2. The molecule has 0 aliphatic carbocycles. The van der Waals surface area contributed by atoms with Gasteiger partial charge in [0, 0.05) is 33.1 Å². The first-order valence-electron chi connectivity index (χ1n) is 7.40. The number of likely N-dealkylation sites (tertiary alicyclic amines) is 1. The van der Waals surface area contributed by atoms with Crippen molar-refractivity contribution in [3.8, 4) is 0 Å². The molecule has 1 saturated heterocycles. The maximum absolute atomic E-state index is 11.5. The van der Waals surface area contributed by atoms with Gasteiger partial charge in [-0.15, -0.1) is 24.0 Å². The summed E-state index contributed by atoms with van der Waals surface area (Å²) >= 11 is 0. The molecule has 0 bridgehead atoms. The van der Waals surface area contributed by atoms with E-state index in [2.05, 4.69) is 15.6 Å². The van der Waals surface area contributed by atoms with Crippen LogP contribution in [0.15, 0.2) is 27.8 Å². The highest BCUT2D eigenvalue weighted by Gasteiger charge is 2.27. The Bertz CT molecular complexity index is 531. The Hall–Kier alpha value is -1.29. The van der Waals surface area contributed by atoms with E-state index in [0.29, 0.717) is 24.7 Å². The Balaban J connectivity index is 0.00000264. The van der Waals surface area contributed by atoms with Gasteiger partial charge >= 0.3 is 0 Å². The first-order chi connectivity index (χ1) is 10.4. The zero-order valence-corrected chi connectivity index (χ0v) is 16.0. The second-order valence-electron chi connectivity index (χ2n) is 5.83. The molecule has 1 aromatic heterocycles. The summed E-state index contributed by atoms with van der Waals surface area (Å²) in [6, 6.07) is 3.63. The number of hydrogen-bond donors (Lipinski definition) is 3. The fourth-order valence-electron chi connectivity index (χ4n) is 2.45. The van der Waals surface area contributed by atoms with Crippen LogP contribution in [-0.4, -0.2) is 55.1 Å². The third-order valence-electron chi connectivity index (χ3n) is 3.84. The molecule has 1 aliphatic rings. The van der Waals surface area contributed by atoms with Gasteiger partial charge in [0.15, 0.2) is 5.96 Å². The number of carbonyl (C=O) groups is 1. The number of nitrogens with zero attached hydrogens (tertiary/aromatic N) is 2. The van der Waals surface area contributed by atoms with E-state index in [-0.39, 0.29) is 42.5 Å². The van der Waals surface area contributed by atoms with Gasteiger partial charge in [0.05, 0.1) is 12.8 Å². The minimum absolute atomic E-state index is 0. The lowest BCUT2D eigenvalue weighted by Gasteiger charge is -2.31. The van der Waals surface area contributed by atoms with Crippen LogP contribution in [0, 0.1) is 0 Å². The van der Waals surface area contributed by atoms with E-state index >= 15 is 0 Å². The number of amides is 1. The number of guanidine groups is 1. The monoisotopic (exact) mass is 436 g/mol. The number of rotatable bonds is 4. The summed E-state index contributed by atoms with van der Waals surface area (Å²) in [5.74, 6) is 1.26. The smallest absolute Gasteiger partial charge is 0.222 e. The Labute approximate surface area is 153 Å². The van der Waals surface area contributed by atoms with Crippen molar-refractivity contribution in [1.29, 1.82) is 0 Å². The average molecular weight is 436 g/mol. The molecule has 23 heavy (non-hydrogen) atoms. The standard InChI is InChI=1S/C15H24N4O3.HI/c1-15(21,12-5-4-8-22-12)10-17-14(16-2)18-11-6-7-13(20)19(3)9-11;/h4-5,8,11,21H,6-7,9-10H2,1-3H3,(H2,16,17,18);1H. The van der Waals surface area contributed by atoms with Crippen LogP contribution in [0.5, 0.6) is 0 Å². The van der Waals surface area contributed by atoms with E-state index in [1.807, 2.05) is 0 Å². The lowest BCUT2D eigenvalue weighted by Crippen LogP contribution is -2.53. The van der Waals surface area contributed by atoms with Crippen molar-refractivity contribution in [1.82, 2.24) is 15.5 Å². The number of likely N-dealkylation sites (N-methyl/N-ethyl adjacent to an activating group) is 1. The lowest BCUT2D eigenvalue weighted by molar-refractivity contribution is -0.132. The van der Waals surface area contributed by atoms with E-state index in [9.17, 15) is 9.90 Å². The van der Waals surface area contributed by atoms with Crippen LogP contribution >= 0.6 is 24.0 Å². The van der Waals surface area contributed by atoms with Crippen LogP contribution in [0.4, 0.5) is 0 Å². The molecular formula is C15H25IN4O3. The van der Waals surface area contributed by atoms with Gasteiger partial charge in [-0.2, -0.15) is 0 Å². The van der Waals surface area contributed by atoms with Gasteiger partial charge in [0.1, 0.15) is 11.4 Å². The van der Waals surface area contributed by atoms with Crippen molar-refractivity contribution in [2.24, 2.45) is 4.99 Å². The van der Waals surface area contributed by atoms with Crippen LogP contribution in [0.1, 0.15) is 25.5 Å². The highest BCUT2D eigenvalue weighted by molar-refractivity contribution is 14.0. The Morgan fingerprint density at radius 1 is 1.61 bits per heavy atom. The lowest BCUT2D eigenvalue weighted by atomic mass is 10.0. The quantitative estimate of drug-likeness (QED) is 0.371. The van der Waals surface area contributed by atoms with E-state index < -0.39 is 5.60 Å². The Kier molecular flexibility index (Phi) is 7.33. The summed E-state index contributed by atoms with van der Waals surface area (Å²) in [7, 11) is 3.47. The molecule has 7 nitrogen and oxygen atoms in total. The largest absolute Gasteiger partial charge is 0.466 e. The molecule has 1 aromatic rings. The fraction of sp³-hybridized carbons (Fsp3) is 0.600.